The average Bonchev–Trinajstić information content (AvgIpc) is 2.62. The van der Waals surface area contributed by atoms with E-state index in [2.05, 4.69) is 14.9 Å². The van der Waals surface area contributed by atoms with Gasteiger partial charge in [-0.05, 0) is 32.9 Å². The fourth-order valence-electron chi connectivity index (χ4n) is 2.26. The van der Waals surface area contributed by atoms with Gasteiger partial charge in [0.05, 0.1) is 12.3 Å². The number of aliphatic hydroxyl groups is 1. The van der Waals surface area contributed by atoms with Crippen LogP contribution in [-0.2, 0) is 6.54 Å². The first kappa shape index (κ1) is 10.6. The first-order valence-electron chi connectivity index (χ1n) is 5.66. The Morgan fingerprint density at radius 2 is 2.27 bits per heavy atom. The second-order valence-electron chi connectivity index (χ2n) is 4.18. The summed E-state index contributed by atoms with van der Waals surface area (Å²) in [4.78, 5) is 4.58. The van der Waals surface area contributed by atoms with Gasteiger partial charge in [-0.15, -0.1) is 0 Å². The van der Waals surface area contributed by atoms with E-state index in [1.807, 2.05) is 13.1 Å². The first-order chi connectivity index (χ1) is 7.31. The Hall–Kier alpha value is -0.870. The van der Waals surface area contributed by atoms with Gasteiger partial charge in [0, 0.05) is 18.7 Å². The van der Waals surface area contributed by atoms with Gasteiger partial charge in [-0.2, -0.15) is 0 Å². The minimum atomic E-state index is 0.188. The predicted molar refractivity (Wildman–Crippen MR) is 58.9 cm³/mol. The maximum absolute atomic E-state index is 8.99. The molecule has 1 aromatic rings. The van der Waals surface area contributed by atoms with E-state index in [1.165, 1.54) is 0 Å². The second-order valence-corrected chi connectivity index (χ2v) is 4.18. The molecule has 2 N–H and O–H groups in total. The topological polar surface area (TPSA) is 50.1 Å². The zero-order valence-electron chi connectivity index (χ0n) is 9.24. The number of hydrogen-bond acceptors (Lipinski definition) is 3. The molecule has 84 valence electrons. The fourth-order valence-corrected chi connectivity index (χ4v) is 2.26. The van der Waals surface area contributed by atoms with Gasteiger partial charge in [0.15, 0.2) is 0 Å². The molecule has 1 aliphatic rings. The van der Waals surface area contributed by atoms with Gasteiger partial charge in [-0.3, -0.25) is 0 Å². The maximum atomic E-state index is 8.99. The van der Waals surface area contributed by atoms with Crippen LogP contribution in [0.5, 0.6) is 0 Å². The summed E-state index contributed by atoms with van der Waals surface area (Å²) in [6.07, 6.45) is 4.34. The van der Waals surface area contributed by atoms with Gasteiger partial charge >= 0.3 is 0 Å². The summed E-state index contributed by atoms with van der Waals surface area (Å²) in [5.74, 6) is 1.72. The van der Waals surface area contributed by atoms with Gasteiger partial charge in [0.2, 0.25) is 0 Å². The largest absolute Gasteiger partial charge is 0.395 e. The molecule has 4 nitrogen and oxygen atoms in total. The third-order valence-electron chi connectivity index (χ3n) is 2.97. The summed E-state index contributed by atoms with van der Waals surface area (Å²) in [5, 5.41) is 12.3. The molecule has 2 heterocycles. The summed E-state index contributed by atoms with van der Waals surface area (Å²) >= 11 is 0. The number of nitrogens with zero attached hydrogens (tertiary/aromatic N) is 2. The minimum Gasteiger partial charge on any atom is -0.395 e. The number of aryl methyl sites for hydroxylation is 1. The highest BCUT2D eigenvalue weighted by Gasteiger charge is 2.20. The molecular weight excluding hydrogens is 190 g/mol. The number of nitrogens with one attached hydrogen (secondary N) is 1. The van der Waals surface area contributed by atoms with E-state index in [0.717, 1.165) is 37.4 Å². The molecule has 0 bridgehead atoms. The molecule has 0 aliphatic carbocycles. The van der Waals surface area contributed by atoms with Crippen LogP contribution in [0.4, 0.5) is 0 Å². The van der Waals surface area contributed by atoms with Gasteiger partial charge < -0.3 is 15.0 Å². The molecule has 1 fully saturated rings. The third kappa shape index (κ3) is 2.38. The number of aromatic nitrogens is 2. The molecule has 0 aromatic carbocycles. The van der Waals surface area contributed by atoms with E-state index in [9.17, 15) is 0 Å². The summed E-state index contributed by atoms with van der Waals surface area (Å²) in [6.45, 7) is 5.03. The molecule has 2 rings (SSSR count). The standard InChI is InChI=1S/C11H19N3O/c1-9-8-14(6-7-15)11(13-9)10-2-4-12-5-3-10/h8,10,12,15H,2-7H2,1H3. The molecule has 1 aromatic heterocycles. The van der Waals surface area contributed by atoms with Crippen molar-refractivity contribution in [3.05, 3.63) is 17.7 Å². The van der Waals surface area contributed by atoms with Crippen LogP contribution in [0.15, 0.2) is 6.20 Å². The third-order valence-corrected chi connectivity index (χ3v) is 2.97. The summed E-state index contributed by atoms with van der Waals surface area (Å²) < 4.78 is 2.10. The summed E-state index contributed by atoms with van der Waals surface area (Å²) in [5.41, 5.74) is 1.05. The van der Waals surface area contributed by atoms with Crippen LogP contribution < -0.4 is 5.32 Å². The zero-order valence-corrected chi connectivity index (χ0v) is 9.24. The van der Waals surface area contributed by atoms with Gasteiger partial charge in [0.1, 0.15) is 5.82 Å². The molecule has 0 spiro atoms. The van der Waals surface area contributed by atoms with Gasteiger partial charge in [0.25, 0.3) is 0 Å². The monoisotopic (exact) mass is 209 g/mol. The van der Waals surface area contributed by atoms with E-state index in [-0.39, 0.29) is 6.61 Å². The zero-order chi connectivity index (χ0) is 10.7. The quantitative estimate of drug-likeness (QED) is 0.768. The molecule has 0 saturated carbocycles. The molecule has 0 amide bonds. The van der Waals surface area contributed by atoms with Crippen LogP contribution in [0, 0.1) is 6.92 Å². The van der Waals surface area contributed by atoms with Crippen molar-refractivity contribution in [3.63, 3.8) is 0 Å². The van der Waals surface area contributed by atoms with Crippen LogP contribution in [-0.4, -0.2) is 34.4 Å². The van der Waals surface area contributed by atoms with Crippen molar-refractivity contribution in [3.8, 4) is 0 Å². The van der Waals surface area contributed by atoms with Crippen LogP contribution in [0.2, 0.25) is 0 Å². The first-order valence-corrected chi connectivity index (χ1v) is 5.66. The number of piperidine rings is 1. The van der Waals surface area contributed by atoms with Crippen LogP contribution in [0.3, 0.4) is 0 Å². The predicted octanol–water partition coefficient (Wildman–Crippen LogP) is 0.651. The molecule has 0 atom stereocenters. The maximum Gasteiger partial charge on any atom is 0.112 e. The lowest BCUT2D eigenvalue weighted by Crippen LogP contribution is -2.28. The molecule has 4 heteroatoms. The molecule has 15 heavy (non-hydrogen) atoms. The summed E-state index contributed by atoms with van der Waals surface area (Å²) in [6, 6.07) is 0. The highest BCUT2D eigenvalue weighted by molar-refractivity contribution is 5.08. The van der Waals surface area contributed by atoms with Crippen molar-refractivity contribution in [1.29, 1.82) is 0 Å². The van der Waals surface area contributed by atoms with Crippen LogP contribution in [0.25, 0.3) is 0 Å². The van der Waals surface area contributed by atoms with E-state index in [0.29, 0.717) is 12.5 Å². The number of imidazole rings is 1. The molecule has 0 radical (unpaired) electrons. The van der Waals surface area contributed by atoms with Gasteiger partial charge in [-0.1, -0.05) is 0 Å². The second kappa shape index (κ2) is 4.77. The van der Waals surface area contributed by atoms with E-state index in [1.54, 1.807) is 0 Å². The van der Waals surface area contributed by atoms with E-state index in [4.69, 9.17) is 5.11 Å². The Kier molecular flexibility index (Phi) is 3.38. The Morgan fingerprint density at radius 1 is 1.53 bits per heavy atom. The number of rotatable bonds is 3. The Bertz CT molecular complexity index is 316. The lowest BCUT2D eigenvalue weighted by atomic mass is 9.97. The Labute approximate surface area is 90.3 Å². The average molecular weight is 209 g/mol. The highest BCUT2D eigenvalue weighted by Crippen LogP contribution is 2.24. The van der Waals surface area contributed by atoms with Crippen LogP contribution in [0.1, 0.15) is 30.3 Å². The van der Waals surface area contributed by atoms with Crippen molar-refractivity contribution >= 4 is 0 Å². The van der Waals surface area contributed by atoms with Crippen molar-refractivity contribution < 1.29 is 5.11 Å². The van der Waals surface area contributed by atoms with Crippen molar-refractivity contribution in [1.82, 2.24) is 14.9 Å². The van der Waals surface area contributed by atoms with Crippen molar-refractivity contribution in [2.45, 2.75) is 32.2 Å². The Balaban J connectivity index is 2.17. The van der Waals surface area contributed by atoms with E-state index < -0.39 is 0 Å². The normalized spacial score (nSPS) is 18.3. The van der Waals surface area contributed by atoms with Gasteiger partial charge in [-0.25, -0.2) is 4.98 Å². The van der Waals surface area contributed by atoms with Crippen molar-refractivity contribution in [2.24, 2.45) is 0 Å². The number of hydrogen-bond donors (Lipinski definition) is 2. The smallest absolute Gasteiger partial charge is 0.112 e. The highest BCUT2D eigenvalue weighted by atomic mass is 16.3. The van der Waals surface area contributed by atoms with Crippen LogP contribution >= 0.6 is 0 Å². The Morgan fingerprint density at radius 3 is 2.93 bits per heavy atom. The molecule has 1 aliphatic heterocycles. The van der Waals surface area contributed by atoms with E-state index >= 15 is 0 Å². The molecule has 1 saturated heterocycles. The lowest BCUT2D eigenvalue weighted by molar-refractivity contribution is 0.271. The minimum absolute atomic E-state index is 0.188. The SMILES string of the molecule is Cc1cn(CCO)c(C2CCNCC2)n1. The summed E-state index contributed by atoms with van der Waals surface area (Å²) in [7, 11) is 0. The number of aliphatic hydroxyl groups excluding tert-OH is 1. The fraction of sp³-hybridized carbons (Fsp3) is 0.727. The molecule has 0 unspecified atom stereocenters. The van der Waals surface area contributed by atoms with Crippen molar-refractivity contribution in [2.75, 3.05) is 19.7 Å². The molecular formula is C11H19N3O. The lowest BCUT2D eigenvalue weighted by Gasteiger charge is -2.22.